The summed E-state index contributed by atoms with van der Waals surface area (Å²) in [6, 6.07) is 8.20. The molecule has 0 unspecified atom stereocenters. The Bertz CT molecular complexity index is 412. The van der Waals surface area contributed by atoms with Crippen LogP contribution < -0.4 is 11.1 Å². The van der Waals surface area contributed by atoms with Crippen LogP contribution in [0.3, 0.4) is 0 Å². The van der Waals surface area contributed by atoms with Crippen LogP contribution in [0.1, 0.15) is 44.1 Å². The topological polar surface area (TPSA) is 61.8 Å². The summed E-state index contributed by atoms with van der Waals surface area (Å²) in [5, 5.41) is 12.6. The van der Waals surface area contributed by atoms with E-state index < -0.39 is 0 Å². The van der Waals surface area contributed by atoms with Gasteiger partial charge in [-0.3, -0.25) is 0 Å². The predicted molar refractivity (Wildman–Crippen MR) is 70.7 cm³/mol. The minimum Gasteiger partial charge on any atom is -0.399 e. The molecule has 1 saturated carbocycles. The molecule has 0 bridgehead atoms. The molecule has 0 atom stereocenters. The molecule has 0 radical (unpaired) electrons. The van der Waals surface area contributed by atoms with E-state index in [0.29, 0.717) is 17.3 Å². The zero-order chi connectivity index (χ0) is 12.1. The van der Waals surface area contributed by atoms with Gasteiger partial charge in [0.05, 0.1) is 11.3 Å². The molecule has 0 heterocycles. The first-order chi connectivity index (χ1) is 8.29. The van der Waals surface area contributed by atoms with Crippen LogP contribution in [0, 0.1) is 11.3 Å². The predicted octanol–water partition coefficient (Wildman–Crippen LogP) is 3.28. The second kappa shape index (κ2) is 5.58. The second-order valence-corrected chi connectivity index (χ2v) is 4.75. The Balaban J connectivity index is 2.09. The minimum atomic E-state index is 0.508. The molecular weight excluding hydrogens is 210 g/mol. The van der Waals surface area contributed by atoms with Crippen molar-refractivity contribution in [1.82, 2.24) is 0 Å². The molecule has 3 N–H and O–H groups in total. The number of hydrogen-bond donors (Lipinski definition) is 2. The fraction of sp³-hybridized carbons (Fsp3) is 0.500. The highest BCUT2D eigenvalue weighted by Crippen LogP contribution is 2.24. The highest BCUT2D eigenvalue weighted by molar-refractivity contribution is 5.63. The van der Waals surface area contributed by atoms with Crippen molar-refractivity contribution in [3.8, 4) is 6.07 Å². The monoisotopic (exact) mass is 229 g/mol. The van der Waals surface area contributed by atoms with Crippen molar-refractivity contribution < 1.29 is 0 Å². The Morgan fingerprint density at radius 1 is 1.18 bits per heavy atom. The zero-order valence-electron chi connectivity index (χ0n) is 10.1. The molecule has 3 heteroatoms. The van der Waals surface area contributed by atoms with E-state index in [1.54, 1.807) is 6.07 Å². The summed E-state index contributed by atoms with van der Waals surface area (Å²) >= 11 is 0. The first kappa shape index (κ1) is 11.8. The quantitative estimate of drug-likeness (QED) is 0.604. The lowest BCUT2D eigenvalue weighted by molar-refractivity contribution is 0.620. The largest absolute Gasteiger partial charge is 0.399 e. The molecule has 0 aromatic heterocycles. The molecule has 17 heavy (non-hydrogen) atoms. The third-order valence-electron chi connectivity index (χ3n) is 3.38. The van der Waals surface area contributed by atoms with Crippen molar-refractivity contribution in [2.75, 3.05) is 11.1 Å². The second-order valence-electron chi connectivity index (χ2n) is 4.75. The molecule has 1 aromatic rings. The van der Waals surface area contributed by atoms with E-state index in [9.17, 15) is 0 Å². The van der Waals surface area contributed by atoms with Crippen LogP contribution in [0.4, 0.5) is 11.4 Å². The molecule has 0 aliphatic heterocycles. The molecule has 0 amide bonds. The van der Waals surface area contributed by atoms with Gasteiger partial charge in [-0.25, -0.2) is 0 Å². The first-order valence-corrected chi connectivity index (χ1v) is 6.36. The molecule has 3 nitrogen and oxygen atoms in total. The van der Waals surface area contributed by atoms with Crippen molar-refractivity contribution in [3.05, 3.63) is 23.8 Å². The van der Waals surface area contributed by atoms with Gasteiger partial charge in [0, 0.05) is 11.7 Å². The van der Waals surface area contributed by atoms with E-state index in [1.807, 2.05) is 12.1 Å². The molecule has 1 aromatic carbocycles. The molecule has 2 rings (SSSR count). The number of nitrogens with two attached hydrogens (primary N) is 1. The van der Waals surface area contributed by atoms with E-state index in [1.165, 1.54) is 38.5 Å². The number of anilines is 2. The number of nitrogens with zero attached hydrogens (tertiary/aromatic N) is 1. The Morgan fingerprint density at radius 3 is 2.53 bits per heavy atom. The van der Waals surface area contributed by atoms with Gasteiger partial charge in [-0.15, -0.1) is 0 Å². The summed E-state index contributed by atoms with van der Waals surface area (Å²) < 4.78 is 0. The Labute approximate surface area is 103 Å². The van der Waals surface area contributed by atoms with Crippen LogP contribution in [0.5, 0.6) is 0 Å². The van der Waals surface area contributed by atoms with E-state index in [0.717, 1.165) is 5.69 Å². The summed E-state index contributed by atoms with van der Waals surface area (Å²) in [5.74, 6) is 0. The lowest BCUT2D eigenvalue weighted by Gasteiger charge is -2.18. The van der Waals surface area contributed by atoms with Crippen LogP contribution in [-0.4, -0.2) is 6.04 Å². The molecule has 1 aliphatic rings. The van der Waals surface area contributed by atoms with Crippen molar-refractivity contribution >= 4 is 11.4 Å². The van der Waals surface area contributed by atoms with Gasteiger partial charge in [0.1, 0.15) is 6.07 Å². The SMILES string of the molecule is N#Cc1cc(N)ccc1NC1CCCCCC1. The molecular formula is C14H19N3. The number of rotatable bonds is 2. The van der Waals surface area contributed by atoms with Crippen molar-refractivity contribution in [2.45, 2.75) is 44.6 Å². The van der Waals surface area contributed by atoms with Gasteiger partial charge in [0.15, 0.2) is 0 Å². The maximum atomic E-state index is 9.08. The van der Waals surface area contributed by atoms with Crippen molar-refractivity contribution in [2.24, 2.45) is 0 Å². The van der Waals surface area contributed by atoms with E-state index in [2.05, 4.69) is 11.4 Å². The normalized spacial score (nSPS) is 17.1. The standard InChI is InChI=1S/C14H19N3/c15-10-11-9-12(16)7-8-14(11)17-13-5-3-1-2-4-6-13/h7-9,13,17H,1-6,16H2. The zero-order valence-corrected chi connectivity index (χ0v) is 10.1. The van der Waals surface area contributed by atoms with E-state index >= 15 is 0 Å². The fourth-order valence-electron chi connectivity index (χ4n) is 2.42. The Morgan fingerprint density at radius 2 is 1.88 bits per heavy atom. The van der Waals surface area contributed by atoms with Crippen molar-refractivity contribution in [3.63, 3.8) is 0 Å². The summed E-state index contributed by atoms with van der Waals surface area (Å²) in [5.41, 5.74) is 7.90. The van der Waals surface area contributed by atoms with Crippen LogP contribution in [-0.2, 0) is 0 Å². The molecule has 1 aliphatic carbocycles. The third-order valence-corrected chi connectivity index (χ3v) is 3.38. The summed E-state index contributed by atoms with van der Waals surface area (Å²) in [7, 11) is 0. The molecule has 90 valence electrons. The first-order valence-electron chi connectivity index (χ1n) is 6.36. The average Bonchev–Trinajstić information content (AvgIpc) is 2.60. The maximum absolute atomic E-state index is 9.08. The smallest absolute Gasteiger partial charge is 0.101 e. The van der Waals surface area contributed by atoms with Gasteiger partial charge in [-0.1, -0.05) is 25.7 Å². The minimum absolute atomic E-state index is 0.508. The molecule has 0 saturated heterocycles. The van der Waals surface area contributed by atoms with Crippen LogP contribution >= 0.6 is 0 Å². The van der Waals surface area contributed by atoms with Crippen molar-refractivity contribution in [1.29, 1.82) is 5.26 Å². The number of nitriles is 1. The van der Waals surface area contributed by atoms with Gasteiger partial charge in [-0.2, -0.15) is 5.26 Å². The number of nitrogens with one attached hydrogen (secondary N) is 1. The fourth-order valence-corrected chi connectivity index (χ4v) is 2.42. The van der Waals surface area contributed by atoms with Gasteiger partial charge in [0.25, 0.3) is 0 Å². The lowest BCUT2D eigenvalue weighted by Crippen LogP contribution is -2.18. The van der Waals surface area contributed by atoms with Gasteiger partial charge >= 0.3 is 0 Å². The highest BCUT2D eigenvalue weighted by Gasteiger charge is 2.13. The van der Waals surface area contributed by atoms with E-state index in [-0.39, 0.29) is 0 Å². The highest BCUT2D eigenvalue weighted by atomic mass is 14.9. The summed E-state index contributed by atoms with van der Waals surface area (Å²) in [6.07, 6.45) is 7.66. The van der Waals surface area contributed by atoms with Gasteiger partial charge in [-0.05, 0) is 31.0 Å². The number of hydrogen-bond acceptors (Lipinski definition) is 3. The Hall–Kier alpha value is -1.69. The van der Waals surface area contributed by atoms with Crippen LogP contribution in [0.15, 0.2) is 18.2 Å². The van der Waals surface area contributed by atoms with Crippen LogP contribution in [0.25, 0.3) is 0 Å². The number of benzene rings is 1. The lowest BCUT2D eigenvalue weighted by atomic mass is 10.1. The Kier molecular flexibility index (Phi) is 3.87. The van der Waals surface area contributed by atoms with Gasteiger partial charge < -0.3 is 11.1 Å². The van der Waals surface area contributed by atoms with Gasteiger partial charge in [0.2, 0.25) is 0 Å². The van der Waals surface area contributed by atoms with Crippen LogP contribution in [0.2, 0.25) is 0 Å². The number of nitrogen functional groups attached to an aromatic ring is 1. The molecule has 0 spiro atoms. The van der Waals surface area contributed by atoms with E-state index in [4.69, 9.17) is 11.0 Å². The maximum Gasteiger partial charge on any atom is 0.101 e. The molecule has 1 fully saturated rings. The third kappa shape index (κ3) is 3.13. The average molecular weight is 229 g/mol. The summed E-state index contributed by atoms with van der Waals surface area (Å²) in [4.78, 5) is 0. The summed E-state index contributed by atoms with van der Waals surface area (Å²) in [6.45, 7) is 0.